The topological polar surface area (TPSA) is 70.8 Å². The van der Waals surface area contributed by atoms with Crippen LogP contribution in [0, 0.1) is 12.8 Å². The molecule has 2 aliphatic rings. The van der Waals surface area contributed by atoms with Crippen LogP contribution in [0.5, 0.6) is 0 Å². The highest BCUT2D eigenvalue weighted by Gasteiger charge is 2.33. The molecule has 2 atom stereocenters. The molecule has 176 valence electrons. The molecule has 0 amide bonds. The van der Waals surface area contributed by atoms with Crippen LogP contribution in [0.2, 0.25) is 0 Å². The van der Waals surface area contributed by atoms with Crippen molar-refractivity contribution in [3.05, 3.63) is 11.6 Å². The Bertz CT molecular complexity index is 731. The van der Waals surface area contributed by atoms with E-state index in [9.17, 15) is 13.2 Å². The highest BCUT2D eigenvalue weighted by atomic mass is 19.4. The minimum atomic E-state index is -4.17. The van der Waals surface area contributed by atoms with Gasteiger partial charge in [0.05, 0.1) is 12.6 Å². The second-order valence-corrected chi connectivity index (χ2v) is 8.42. The van der Waals surface area contributed by atoms with Crippen molar-refractivity contribution >= 4 is 5.96 Å². The maximum Gasteiger partial charge on any atom is 0.401 e. The van der Waals surface area contributed by atoms with Crippen molar-refractivity contribution < 1.29 is 17.9 Å². The number of hydrogen-bond donors (Lipinski definition) is 1. The Morgan fingerprint density at radius 2 is 2.13 bits per heavy atom. The molecule has 1 aromatic rings. The molecule has 0 spiro atoms. The van der Waals surface area contributed by atoms with E-state index in [2.05, 4.69) is 20.4 Å². The smallest absolute Gasteiger partial charge is 0.376 e. The number of aliphatic imine (C=N–C) groups is 1. The summed E-state index contributed by atoms with van der Waals surface area (Å²) < 4.78 is 46.0. The molecule has 2 saturated heterocycles. The largest absolute Gasteiger partial charge is 0.401 e. The fourth-order valence-corrected chi connectivity index (χ4v) is 4.11. The maximum atomic E-state index is 12.8. The van der Waals surface area contributed by atoms with Gasteiger partial charge in [0, 0.05) is 39.8 Å². The van der Waals surface area contributed by atoms with E-state index < -0.39 is 12.7 Å². The Kier molecular flexibility index (Phi) is 8.15. The van der Waals surface area contributed by atoms with Gasteiger partial charge in [0.2, 0.25) is 0 Å². The summed E-state index contributed by atoms with van der Waals surface area (Å²) in [7, 11) is 1.91. The van der Waals surface area contributed by atoms with Crippen molar-refractivity contribution in [1.29, 1.82) is 0 Å². The second-order valence-electron chi connectivity index (χ2n) is 8.42. The zero-order chi connectivity index (χ0) is 22.4. The van der Waals surface area contributed by atoms with Crippen LogP contribution in [0.1, 0.15) is 37.8 Å². The molecule has 31 heavy (non-hydrogen) atoms. The van der Waals surface area contributed by atoms with E-state index in [1.54, 1.807) is 6.92 Å². The summed E-state index contributed by atoms with van der Waals surface area (Å²) in [5, 5.41) is 11.7. The fourth-order valence-electron chi connectivity index (χ4n) is 4.11. The quantitative estimate of drug-likeness (QED) is 0.487. The van der Waals surface area contributed by atoms with Crippen LogP contribution in [-0.4, -0.2) is 88.7 Å². The first-order chi connectivity index (χ1) is 14.7. The first-order valence-corrected chi connectivity index (χ1v) is 11.0. The number of aromatic nitrogens is 3. The van der Waals surface area contributed by atoms with Crippen molar-refractivity contribution in [3.63, 3.8) is 0 Å². The maximum absolute atomic E-state index is 12.8. The number of hydrogen-bond acceptors (Lipinski definition) is 5. The normalized spacial score (nSPS) is 22.7. The molecule has 1 aromatic heterocycles. The lowest BCUT2D eigenvalue weighted by Gasteiger charge is -2.26. The standard InChI is InChI=1S/C20H34F3N7O/c1-4-29(14-20(21,22)23)12-16-7-8-30(13-16)19(24-10-17-6-5-9-31-17)25-11-18-27-26-15(2)28(18)3/h16-17H,4-14H2,1-3H3,(H,24,25). The summed E-state index contributed by atoms with van der Waals surface area (Å²) in [6.45, 7) is 6.94. The highest BCUT2D eigenvalue weighted by Crippen LogP contribution is 2.22. The highest BCUT2D eigenvalue weighted by molar-refractivity contribution is 5.80. The van der Waals surface area contributed by atoms with Gasteiger partial charge >= 0.3 is 6.18 Å². The molecule has 0 aliphatic carbocycles. The molecular weight excluding hydrogens is 411 g/mol. The van der Waals surface area contributed by atoms with E-state index in [0.717, 1.165) is 50.0 Å². The van der Waals surface area contributed by atoms with Crippen LogP contribution in [0.15, 0.2) is 4.99 Å². The van der Waals surface area contributed by atoms with Crippen LogP contribution < -0.4 is 5.32 Å². The summed E-state index contributed by atoms with van der Waals surface area (Å²) in [5.74, 6) is 2.53. The van der Waals surface area contributed by atoms with Gasteiger partial charge in [0.25, 0.3) is 0 Å². The number of rotatable bonds is 8. The van der Waals surface area contributed by atoms with Gasteiger partial charge in [-0.2, -0.15) is 13.2 Å². The Hall–Kier alpha value is -1.88. The van der Waals surface area contributed by atoms with Gasteiger partial charge < -0.3 is 19.5 Å². The van der Waals surface area contributed by atoms with E-state index in [1.807, 2.05) is 18.5 Å². The molecule has 0 aromatic carbocycles. The number of likely N-dealkylation sites (tertiary alicyclic amines) is 1. The number of alkyl halides is 3. The summed E-state index contributed by atoms with van der Waals surface area (Å²) in [4.78, 5) is 8.39. The minimum Gasteiger partial charge on any atom is -0.376 e. The molecule has 2 fully saturated rings. The van der Waals surface area contributed by atoms with Gasteiger partial charge in [-0.15, -0.1) is 10.2 Å². The molecule has 2 unspecified atom stereocenters. The molecule has 0 radical (unpaired) electrons. The van der Waals surface area contributed by atoms with Crippen molar-refractivity contribution in [2.45, 2.75) is 51.9 Å². The predicted octanol–water partition coefficient (Wildman–Crippen LogP) is 1.95. The van der Waals surface area contributed by atoms with E-state index in [0.29, 0.717) is 32.7 Å². The average Bonchev–Trinajstić information content (AvgIpc) is 3.45. The Labute approximate surface area is 181 Å². The van der Waals surface area contributed by atoms with Crippen LogP contribution in [0.25, 0.3) is 0 Å². The zero-order valence-electron chi connectivity index (χ0n) is 18.7. The average molecular weight is 446 g/mol. The molecule has 0 saturated carbocycles. The Balaban J connectivity index is 1.62. The third-order valence-electron chi connectivity index (χ3n) is 6.02. The molecule has 3 heterocycles. The van der Waals surface area contributed by atoms with E-state index in [-0.39, 0.29) is 12.0 Å². The van der Waals surface area contributed by atoms with Crippen molar-refractivity contribution in [3.8, 4) is 0 Å². The lowest BCUT2D eigenvalue weighted by atomic mass is 10.1. The monoisotopic (exact) mass is 445 g/mol. The van der Waals surface area contributed by atoms with Crippen molar-refractivity contribution in [1.82, 2.24) is 29.9 Å². The van der Waals surface area contributed by atoms with E-state index >= 15 is 0 Å². The number of halogens is 3. The van der Waals surface area contributed by atoms with E-state index in [1.165, 1.54) is 4.90 Å². The van der Waals surface area contributed by atoms with E-state index in [4.69, 9.17) is 9.73 Å². The van der Waals surface area contributed by atoms with Crippen LogP contribution in [-0.2, 0) is 18.3 Å². The summed E-state index contributed by atoms with van der Waals surface area (Å²) >= 11 is 0. The Morgan fingerprint density at radius 3 is 2.74 bits per heavy atom. The molecule has 8 nitrogen and oxygen atoms in total. The number of nitrogens with zero attached hydrogens (tertiary/aromatic N) is 6. The molecule has 0 bridgehead atoms. The summed E-state index contributed by atoms with van der Waals surface area (Å²) in [6, 6.07) is 0. The minimum absolute atomic E-state index is 0.169. The number of aryl methyl sites for hydroxylation is 1. The lowest BCUT2D eigenvalue weighted by Crippen LogP contribution is -2.44. The van der Waals surface area contributed by atoms with Crippen LogP contribution in [0.4, 0.5) is 13.2 Å². The first-order valence-electron chi connectivity index (χ1n) is 11.0. The Morgan fingerprint density at radius 1 is 1.32 bits per heavy atom. The molecule has 11 heteroatoms. The fraction of sp³-hybridized carbons (Fsp3) is 0.850. The van der Waals surface area contributed by atoms with Crippen molar-refractivity contribution in [2.75, 3.05) is 45.9 Å². The second kappa shape index (κ2) is 10.6. The van der Waals surface area contributed by atoms with Gasteiger partial charge in [0.1, 0.15) is 12.4 Å². The van der Waals surface area contributed by atoms with Gasteiger partial charge in [-0.05, 0) is 38.6 Å². The molecular formula is C20H34F3N7O. The lowest BCUT2D eigenvalue weighted by molar-refractivity contribution is -0.146. The number of guanidine groups is 1. The molecule has 2 aliphatic heterocycles. The zero-order valence-corrected chi connectivity index (χ0v) is 18.7. The molecule has 3 rings (SSSR count). The van der Waals surface area contributed by atoms with Crippen LogP contribution in [0.3, 0.4) is 0 Å². The first kappa shape index (κ1) is 23.8. The number of ether oxygens (including phenoxy) is 1. The SMILES string of the molecule is CCN(CC1CCN(C(=NCc2nnc(C)n2C)NCC2CCCO2)C1)CC(F)(F)F. The van der Waals surface area contributed by atoms with Gasteiger partial charge in [-0.3, -0.25) is 4.90 Å². The summed E-state index contributed by atoms with van der Waals surface area (Å²) in [5.41, 5.74) is 0. The predicted molar refractivity (Wildman–Crippen MR) is 112 cm³/mol. The third kappa shape index (κ3) is 7.06. The third-order valence-corrected chi connectivity index (χ3v) is 6.02. The van der Waals surface area contributed by atoms with Crippen molar-refractivity contribution in [2.24, 2.45) is 18.0 Å². The van der Waals surface area contributed by atoms with Gasteiger partial charge in [-0.1, -0.05) is 6.92 Å². The number of nitrogens with one attached hydrogen (secondary N) is 1. The molecule has 1 N–H and O–H groups in total. The van der Waals surface area contributed by atoms with Crippen LogP contribution >= 0.6 is 0 Å². The van der Waals surface area contributed by atoms with Gasteiger partial charge in [-0.25, -0.2) is 4.99 Å². The van der Waals surface area contributed by atoms with Gasteiger partial charge in [0.15, 0.2) is 11.8 Å². The summed E-state index contributed by atoms with van der Waals surface area (Å²) in [6.07, 6.45) is -1.07.